The molecule has 0 aliphatic rings. The number of nitrogens with zero attached hydrogens (tertiary/aromatic N) is 1. The molecular weight excluding hydrogens is 224 g/mol. The van der Waals surface area contributed by atoms with Crippen LogP contribution in [0.5, 0.6) is 0 Å². The van der Waals surface area contributed by atoms with Crippen molar-refractivity contribution in [3.05, 3.63) is 66.0 Å². The predicted octanol–water partition coefficient (Wildman–Crippen LogP) is 2.75. The standard InChI is InChI=1S/C15H16N2O/c1-15(2,12-8-4-3-5-9-12)17-14(18)13-10-6-7-11-16-13/h3-11H,1-2H3,(H,17,18). The highest BCUT2D eigenvalue weighted by atomic mass is 16.2. The van der Waals surface area contributed by atoms with Crippen LogP contribution in [0.2, 0.25) is 0 Å². The van der Waals surface area contributed by atoms with Gasteiger partial charge in [0.1, 0.15) is 5.69 Å². The van der Waals surface area contributed by atoms with Gasteiger partial charge in [0.15, 0.2) is 0 Å². The van der Waals surface area contributed by atoms with Crippen molar-refractivity contribution in [2.75, 3.05) is 0 Å². The van der Waals surface area contributed by atoms with E-state index in [-0.39, 0.29) is 5.91 Å². The van der Waals surface area contributed by atoms with Gasteiger partial charge < -0.3 is 5.32 Å². The van der Waals surface area contributed by atoms with E-state index in [9.17, 15) is 4.79 Å². The molecule has 1 aromatic carbocycles. The number of rotatable bonds is 3. The van der Waals surface area contributed by atoms with Gasteiger partial charge in [-0.15, -0.1) is 0 Å². The molecular formula is C15H16N2O. The molecule has 0 radical (unpaired) electrons. The first kappa shape index (κ1) is 12.3. The Balaban J connectivity index is 2.17. The molecule has 1 heterocycles. The van der Waals surface area contributed by atoms with Gasteiger partial charge in [0, 0.05) is 6.20 Å². The Labute approximate surface area is 107 Å². The summed E-state index contributed by atoms with van der Waals surface area (Å²) in [7, 11) is 0. The van der Waals surface area contributed by atoms with Crippen molar-refractivity contribution in [3.8, 4) is 0 Å². The van der Waals surface area contributed by atoms with Crippen LogP contribution < -0.4 is 5.32 Å². The van der Waals surface area contributed by atoms with Crippen LogP contribution in [0.25, 0.3) is 0 Å². The lowest BCUT2D eigenvalue weighted by Gasteiger charge is -2.26. The quantitative estimate of drug-likeness (QED) is 0.896. The Kier molecular flexibility index (Phi) is 3.42. The fraction of sp³-hybridized carbons (Fsp3) is 0.200. The van der Waals surface area contributed by atoms with Crippen molar-refractivity contribution in [2.45, 2.75) is 19.4 Å². The van der Waals surface area contributed by atoms with Crippen molar-refractivity contribution in [1.82, 2.24) is 10.3 Å². The van der Waals surface area contributed by atoms with Crippen LogP contribution in [0.4, 0.5) is 0 Å². The Morgan fingerprint density at radius 2 is 1.72 bits per heavy atom. The number of nitrogens with one attached hydrogen (secondary N) is 1. The Bertz CT molecular complexity index is 521. The fourth-order valence-electron chi connectivity index (χ4n) is 1.77. The topological polar surface area (TPSA) is 42.0 Å². The van der Waals surface area contributed by atoms with E-state index in [2.05, 4.69) is 10.3 Å². The van der Waals surface area contributed by atoms with E-state index >= 15 is 0 Å². The predicted molar refractivity (Wildman–Crippen MR) is 71.2 cm³/mol. The van der Waals surface area contributed by atoms with Gasteiger partial charge in [-0.05, 0) is 31.5 Å². The molecule has 3 heteroatoms. The van der Waals surface area contributed by atoms with E-state index in [4.69, 9.17) is 0 Å². The third-order valence-corrected chi connectivity index (χ3v) is 2.82. The van der Waals surface area contributed by atoms with Crippen LogP contribution in [0.15, 0.2) is 54.7 Å². The van der Waals surface area contributed by atoms with Gasteiger partial charge in [-0.25, -0.2) is 0 Å². The third-order valence-electron chi connectivity index (χ3n) is 2.82. The lowest BCUT2D eigenvalue weighted by Crippen LogP contribution is -2.41. The molecule has 92 valence electrons. The molecule has 0 atom stereocenters. The van der Waals surface area contributed by atoms with Gasteiger partial charge >= 0.3 is 0 Å². The zero-order valence-electron chi connectivity index (χ0n) is 10.6. The van der Waals surface area contributed by atoms with Gasteiger partial charge in [0.25, 0.3) is 5.91 Å². The lowest BCUT2D eigenvalue weighted by molar-refractivity contribution is 0.0907. The normalized spacial score (nSPS) is 11.0. The van der Waals surface area contributed by atoms with Gasteiger partial charge in [0.2, 0.25) is 0 Å². The molecule has 0 fully saturated rings. The Hall–Kier alpha value is -2.16. The monoisotopic (exact) mass is 240 g/mol. The van der Waals surface area contributed by atoms with E-state index < -0.39 is 5.54 Å². The average Bonchev–Trinajstić information content (AvgIpc) is 2.40. The summed E-state index contributed by atoms with van der Waals surface area (Å²) in [6, 6.07) is 15.2. The van der Waals surface area contributed by atoms with E-state index in [1.807, 2.05) is 44.2 Å². The first-order valence-electron chi connectivity index (χ1n) is 5.89. The molecule has 0 spiro atoms. The molecule has 0 aliphatic carbocycles. The van der Waals surface area contributed by atoms with Crippen molar-refractivity contribution >= 4 is 5.91 Å². The van der Waals surface area contributed by atoms with Gasteiger partial charge in [0.05, 0.1) is 5.54 Å². The first-order valence-corrected chi connectivity index (χ1v) is 5.89. The smallest absolute Gasteiger partial charge is 0.270 e. The van der Waals surface area contributed by atoms with Gasteiger partial charge in [-0.2, -0.15) is 0 Å². The minimum Gasteiger partial charge on any atom is -0.342 e. The highest BCUT2D eigenvalue weighted by Crippen LogP contribution is 2.19. The second kappa shape index (κ2) is 5.00. The third kappa shape index (κ3) is 2.74. The highest BCUT2D eigenvalue weighted by Gasteiger charge is 2.23. The number of carbonyl (C=O) groups is 1. The number of benzene rings is 1. The maximum Gasteiger partial charge on any atom is 0.270 e. The van der Waals surface area contributed by atoms with Gasteiger partial charge in [-0.3, -0.25) is 9.78 Å². The van der Waals surface area contributed by atoms with E-state index in [1.165, 1.54) is 0 Å². The summed E-state index contributed by atoms with van der Waals surface area (Å²) in [5.74, 6) is -0.163. The number of amides is 1. The molecule has 1 aromatic heterocycles. The van der Waals surface area contributed by atoms with Crippen molar-refractivity contribution in [2.24, 2.45) is 0 Å². The number of pyridine rings is 1. The highest BCUT2D eigenvalue weighted by molar-refractivity contribution is 5.92. The molecule has 1 amide bonds. The van der Waals surface area contributed by atoms with Crippen LogP contribution >= 0.6 is 0 Å². The van der Waals surface area contributed by atoms with Crippen LogP contribution in [0, 0.1) is 0 Å². The molecule has 3 nitrogen and oxygen atoms in total. The largest absolute Gasteiger partial charge is 0.342 e. The maximum absolute atomic E-state index is 12.1. The Morgan fingerprint density at radius 1 is 1.06 bits per heavy atom. The van der Waals surface area contributed by atoms with Crippen LogP contribution in [-0.4, -0.2) is 10.9 Å². The van der Waals surface area contributed by atoms with E-state index in [0.717, 1.165) is 5.56 Å². The number of aromatic nitrogens is 1. The molecule has 2 rings (SSSR count). The van der Waals surface area contributed by atoms with Crippen LogP contribution in [0.1, 0.15) is 29.9 Å². The number of hydrogen-bond acceptors (Lipinski definition) is 2. The minimum absolute atomic E-state index is 0.163. The van der Waals surface area contributed by atoms with Crippen molar-refractivity contribution in [1.29, 1.82) is 0 Å². The molecule has 0 aliphatic heterocycles. The summed E-state index contributed by atoms with van der Waals surface area (Å²) in [6.45, 7) is 3.95. The number of hydrogen-bond donors (Lipinski definition) is 1. The number of carbonyl (C=O) groups excluding carboxylic acids is 1. The molecule has 18 heavy (non-hydrogen) atoms. The summed E-state index contributed by atoms with van der Waals surface area (Å²) in [5, 5.41) is 2.99. The van der Waals surface area contributed by atoms with E-state index in [1.54, 1.807) is 24.4 Å². The fourth-order valence-corrected chi connectivity index (χ4v) is 1.77. The average molecular weight is 240 g/mol. The summed E-state index contributed by atoms with van der Waals surface area (Å²) < 4.78 is 0. The molecule has 0 unspecified atom stereocenters. The SMILES string of the molecule is CC(C)(NC(=O)c1ccccn1)c1ccccc1. The minimum atomic E-state index is -0.421. The van der Waals surface area contributed by atoms with Crippen molar-refractivity contribution < 1.29 is 4.79 Å². The summed E-state index contributed by atoms with van der Waals surface area (Å²) in [6.07, 6.45) is 1.62. The summed E-state index contributed by atoms with van der Waals surface area (Å²) in [4.78, 5) is 16.1. The van der Waals surface area contributed by atoms with Crippen LogP contribution in [0.3, 0.4) is 0 Å². The maximum atomic E-state index is 12.1. The Morgan fingerprint density at radius 3 is 2.33 bits per heavy atom. The second-order valence-corrected chi connectivity index (χ2v) is 4.66. The summed E-state index contributed by atoms with van der Waals surface area (Å²) in [5.41, 5.74) is 1.08. The molecule has 0 saturated heterocycles. The molecule has 0 bridgehead atoms. The molecule has 2 aromatic rings. The second-order valence-electron chi connectivity index (χ2n) is 4.66. The van der Waals surface area contributed by atoms with E-state index in [0.29, 0.717) is 5.69 Å². The zero-order valence-corrected chi connectivity index (χ0v) is 10.6. The first-order chi connectivity index (χ1) is 8.59. The van der Waals surface area contributed by atoms with Crippen molar-refractivity contribution in [3.63, 3.8) is 0 Å². The van der Waals surface area contributed by atoms with Crippen LogP contribution in [-0.2, 0) is 5.54 Å². The summed E-state index contributed by atoms with van der Waals surface area (Å²) >= 11 is 0. The zero-order chi connectivity index (χ0) is 13.0. The molecule has 0 saturated carbocycles. The molecule has 1 N–H and O–H groups in total. The lowest BCUT2D eigenvalue weighted by atomic mass is 9.94. The van der Waals surface area contributed by atoms with Gasteiger partial charge in [-0.1, -0.05) is 36.4 Å².